The fourth-order valence-corrected chi connectivity index (χ4v) is 2.66. The van der Waals surface area contributed by atoms with Gasteiger partial charge in [-0.25, -0.2) is 0 Å². The van der Waals surface area contributed by atoms with Crippen LogP contribution in [0.5, 0.6) is 0 Å². The maximum atomic E-state index is 11.7. The second-order valence-electron chi connectivity index (χ2n) is 5.63. The zero-order valence-electron chi connectivity index (χ0n) is 11.6. The molecule has 0 aromatic heterocycles. The summed E-state index contributed by atoms with van der Waals surface area (Å²) in [6.07, 6.45) is 6.48. The number of carbonyl (C=O) groups is 1. The number of carbonyl (C=O) groups excluding carboxylic acids is 1. The molecule has 0 radical (unpaired) electrons. The van der Waals surface area contributed by atoms with Crippen molar-refractivity contribution in [1.29, 1.82) is 0 Å². The minimum atomic E-state index is 0.230. The first-order valence-corrected chi connectivity index (χ1v) is 7.07. The average molecular weight is 240 g/mol. The Balaban J connectivity index is 2.15. The molecule has 0 atom stereocenters. The first kappa shape index (κ1) is 14.5. The molecule has 0 heterocycles. The summed E-state index contributed by atoms with van der Waals surface area (Å²) in [6, 6.07) is 0.437. The topological polar surface area (TPSA) is 41.1 Å². The third-order valence-electron chi connectivity index (χ3n) is 3.91. The third kappa shape index (κ3) is 5.53. The Bertz CT molecular complexity index is 220. The van der Waals surface area contributed by atoms with Gasteiger partial charge < -0.3 is 10.6 Å². The molecule has 0 aromatic carbocycles. The van der Waals surface area contributed by atoms with Crippen molar-refractivity contribution in [3.63, 3.8) is 0 Å². The standard InChI is InChI=1S/C14H28N2O/c1-11(2)12-6-8-13(9-7-12)16-14(17)5-4-10-15-3/h11-13,15H,4-10H2,1-3H3,(H,16,17). The monoisotopic (exact) mass is 240 g/mol. The van der Waals surface area contributed by atoms with Crippen molar-refractivity contribution in [2.75, 3.05) is 13.6 Å². The molecule has 1 aliphatic rings. The van der Waals surface area contributed by atoms with Crippen LogP contribution in [0.3, 0.4) is 0 Å². The fraction of sp³-hybridized carbons (Fsp3) is 0.929. The third-order valence-corrected chi connectivity index (χ3v) is 3.91. The van der Waals surface area contributed by atoms with E-state index in [2.05, 4.69) is 24.5 Å². The van der Waals surface area contributed by atoms with E-state index in [-0.39, 0.29) is 5.91 Å². The maximum absolute atomic E-state index is 11.7. The molecular weight excluding hydrogens is 212 g/mol. The minimum absolute atomic E-state index is 0.230. The molecule has 2 N–H and O–H groups in total. The Morgan fingerprint density at radius 1 is 1.24 bits per heavy atom. The van der Waals surface area contributed by atoms with Crippen LogP contribution in [0.1, 0.15) is 52.4 Å². The van der Waals surface area contributed by atoms with Gasteiger partial charge in [0.1, 0.15) is 0 Å². The Morgan fingerprint density at radius 3 is 2.41 bits per heavy atom. The van der Waals surface area contributed by atoms with Gasteiger partial charge >= 0.3 is 0 Å². The van der Waals surface area contributed by atoms with Crippen molar-refractivity contribution in [2.45, 2.75) is 58.4 Å². The van der Waals surface area contributed by atoms with Crippen molar-refractivity contribution in [3.8, 4) is 0 Å². The van der Waals surface area contributed by atoms with Crippen molar-refractivity contribution >= 4 is 5.91 Å². The van der Waals surface area contributed by atoms with Gasteiger partial charge in [0, 0.05) is 12.5 Å². The molecule has 0 aliphatic heterocycles. The molecule has 1 rings (SSSR count). The highest BCUT2D eigenvalue weighted by molar-refractivity contribution is 5.76. The Hall–Kier alpha value is -0.570. The maximum Gasteiger partial charge on any atom is 0.220 e. The Morgan fingerprint density at radius 2 is 1.88 bits per heavy atom. The van der Waals surface area contributed by atoms with Crippen LogP contribution in [0.25, 0.3) is 0 Å². The number of nitrogens with one attached hydrogen (secondary N) is 2. The molecule has 3 heteroatoms. The normalized spacial score (nSPS) is 24.9. The second kappa shape index (κ2) is 7.70. The van der Waals surface area contributed by atoms with Gasteiger partial charge in [0.25, 0.3) is 0 Å². The minimum Gasteiger partial charge on any atom is -0.353 e. The molecule has 1 aliphatic carbocycles. The van der Waals surface area contributed by atoms with Gasteiger partial charge in [-0.15, -0.1) is 0 Å². The van der Waals surface area contributed by atoms with Crippen LogP contribution in [0, 0.1) is 11.8 Å². The molecular formula is C14H28N2O. The van der Waals surface area contributed by atoms with E-state index in [1.54, 1.807) is 0 Å². The van der Waals surface area contributed by atoms with Crippen molar-refractivity contribution < 1.29 is 4.79 Å². The van der Waals surface area contributed by atoms with Gasteiger partial charge in [0.15, 0.2) is 0 Å². The summed E-state index contributed by atoms with van der Waals surface area (Å²) in [5.41, 5.74) is 0. The average Bonchev–Trinajstić information content (AvgIpc) is 2.30. The second-order valence-corrected chi connectivity index (χ2v) is 5.63. The van der Waals surface area contributed by atoms with E-state index >= 15 is 0 Å². The highest BCUT2D eigenvalue weighted by atomic mass is 16.1. The quantitative estimate of drug-likeness (QED) is 0.700. The molecule has 17 heavy (non-hydrogen) atoms. The molecule has 0 unspecified atom stereocenters. The molecule has 0 aromatic rings. The molecule has 1 amide bonds. The first-order valence-electron chi connectivity index (χ1n) is 7.07. The van der Waals surface area contributed by atoms with E-state index in [1.165, 1.54) is 25.7 Å². The lowest BCUT2D eigenvalue weighted by molar-refractivity contribution is -0.122. The summed E-state index contributed by atoms with van der Waals surface area (Å²) in [5.74, 6) is 1.89. The van der Waals surface area contributed by atoms with Gasteiger partial charge in [-0.2, -0.15) is 0 Å². The highest BCUT2D eigenvalue weighted by Crippen LogP contribution is 2.29. The Labute approximate surface area is 106 Å². The number of rotatable bonds is 6. The van der Waals surface area contributed by atoms with E-state index in [0.717, 1.165) is 24.8 Å². The lowest BCUT2D eigenvalue weighted by Crippen LogP contribution is -2.38. The molecule has 0 spiro atoms. The highest BCUT2D eigenvalue weighted by Gasteiger charge is 2.23. The molecule has 100 valence electrons. The SMILES string of the molecule is CNCCCC(=O)NC1CCC(C(C)C)CC1. The van der Waals surface area contributed by atoms with Crippen molar-refractivity contribution in [1.82, 2.24) is 10.6 Å². The zero-order chi connectivity index (χ0) is 12.7. The van der Waals surface area contributed by atoms with E-state index in [1.807, 2.05) is 7.05 Å². The molecule has 1 saturated carbocycles. The number of hydrogen-bond donors (Lipinski definition) is 2. The molecule has 0 bridgehead atoms. The summed E-state index contributed by atoms with van der Waals surface area (Å²) in [6.45, 7) is 5.54. The van der Waals surface area contributed by atoms with Crippen LogP contribution >= 0.6 is 0 Å². The van der Waals surface area contributed by atoms with Crippen molar-refractivity contribution in [2.24, 2.45) is 11.8 Å². The van der Waals surface area contributed by atoms with Crippen LogP contribution in [-0.2, 0) is 4.79 Å². The summed E-state index contributed by atoms with van der Waals surface area (Å²) < 4.78 is 0. The summed E-state index contributed by atoms with van der Waals surface area (Å²) in [7, 11) is 1.92. The number of hydrogen-bond acceptors (Lipinski definition) is 2. The molecule has 1 fully saturated rings. The fourth-order valence-electron chi connectivity index (χ4n) is 2.66. The van der Waals surface area contributed by atoms with Gasteiger partial charge in [0.2, 0.25) is 5.91 Å². The summed E-state index contributed by atoms with van der Waals surface area (Å²) >= 11 is 0. The predicted octanol–water partition coefficient (Wildman–Crippen LogP) is 2.32. The lowest BCUT2D eigenvalue weighted by Gasteiger charge is -2.31. The van der Waals surface area contributed by atoms with Crippen LogP contribution in [-0.4, -0.2) is 25.5 Å². The van der Waals surface area contributed by atoms with E-state index in [9.17, 15) is 4.79 Å². The molecule has 0 saturated heterocycles. The van der Waals surface area contributed by atoms with Crippen molar-refractivity contribution in [3.05, 3.63) is 0 Å². The van der Waals surface area contributed by atoms with Crippen LogP contribution in [0.4, 0.5) is 0 Å². The van der Waals surface area contributed by atoms with Crippen LogP contribution in [0.2, 0.25) is 0 Å². The van der Waals surface area contributed by atoms with Gasteiger partial charge in [-0.05, 0) is 57.5 Å². The zero-order valence-corrected chi connectivity index (χ0v) is 11.6. The van der Waals surface area contributed by atoms with Gasteiger partial charge in [0.05, 0.1) is 0 Å². The lowest BCUT2D eigenvalue weighted by atomic mass is 9.80. The Kier molecular flexibility index (Phi) is 6.56. The van der Waals surface area contributed by atoms with E-state index in [4.69, 9.17) is 0 Å². The predicted molar refractivity (Wildman–Crippen MR) is 71.9 cm³/mol. The summed E-state index contributed by atoms with van der Waals surface area (Å²) in [5, 5.41) is 6.24. The van der Waals surface area contributed by atoms with E-state index in [0.29, 0.717) is 12.5 Å². The van der Waals surface area contributed by atoms with Crippen LogP contribution < -0.4 is 10.6 Å². The summed E-state index contributed by atoms with van der Waals surface area (Å²) in [4.78, 5) is 11.7. The van der Waals surface area contributed by atoms with Gasteiger partial charge in [-0.3, -0.25) is 4.79 Å². The van der Waals surface area contributed by atoms with E-state index < -0.39 is 0 Å². The molecule has 3 nitrogen and oxygen atoms in total. The number of amides is 1. The van der Waals surface area contributed by atoms with Crippen LogP contribution in [0.15, 0.2) is 0 Å². The smallest absolute Gasteiger partial charge is 0.220 e. The first-order chi connectivity index (χ1) is 8.13. The largest absolute Gasteiger partial charge is 0.353 e. The van der Waals surface area contributed by atoms with Gasteiger partial charge in [-0.1, -0.05) is 13.8 Å².